The smallest absolute Gasteiger partial charge is 0.279 e. The Labute approximate surface area is 69.0 Å². The lowest BCUT2D eigenvalue weighted by molar-refractivity contribution is 0.255. The summed E-state index contributed by atoms with van der Waals surface area (Å²) in [6, 6.07) is 0. The summed E-state index contributed by atoms with van der Waals surface area (Å²) in [5.74, 6) is 0.692. The van der Waals surface area contributed by atoms with Crippen LogP contribution in [0.25, 0.3) is 4.85 Å². The van der Waals surface area contributed by atoms with Crippen LogP contribution in [0, 0.1) is 12.5 Å². The van der Waals surface area contributed by atoms with E-state index in [2.05, 4.69) is 23.6 Å². The molecule has 0 spiro atoms. The Morgan fingerprint density at radius 3 is 2.91 bits per heavy atom. The first kappa shape index (κ1) is 8.55. The van der Waals surface area contributed by atoms with Gasteiger partial charge in [-0.05, 0) is 12.3 Å². The molecule has 0 aromatic rings. The number of hydrogen-bond donors (Lipinski definition) is 0. The Morgan fingerprint density at radius 1 is 1.64 bits per heavy atom. The van der Waals surface area contributed by atoms with Crippen LogP contribution in [0.1, 0.15) is 26.7 Å². The Bertz CT molecular complexity index is 157. The second-order valence-electron chi connectivity index (χ2n) is 3.64. The highest BCUT2D eigenvalue weighted by Crippen LogP contribution is 2.18. The number of rotatable bonds is 2. The molecule has 62 valence electrons. The highest BCUT2D eigenvalue weighted by molar-refractivity contribution is 4.85. The molecule has 0 saturated carbocycles. The molecule has 2 heteroatoms. The number of nitrogens with zero attached hydrogens (tertiary/aromatic N) is 2. The molecule has 0 bridgehead atoms. The van der Waals surface area contributed by atoms with E-state index in [1.165, 1.54) is 6.42 Å². The van der Waals surface area contributed by atoms with Gasteiger partial charge in [-0.3, -0.25) is 4.85 Å². The van der Waals surface area contributed by atoms with E-state index in [0.717, 1.165) is 19.5 Å². The fourth-order valence-electron chi connectivity index (χ4n) is 1.64. The lowest BCUT2D eigenvalue weighted by Crippen LogP contribution is -2.30. The van der Waals surface area contributed by atoms with Gasteiger partial charge in [0, 0.05) is 19.5 Å². The molecule has 0 aromatic heterocycles. The van der Waals surface area contributed by atoms with Crippen molar-refractivity contribution in [3.05, 3.63) is 11.4 Å². The van der Waals surface area contributed by atoms with Crippen molar-refractivity contribution < 1.29 is 0 Å². The summed E-state index contributed by atoms with van der Waals surface area (Å²) < 4.78 is 0. The summed E-state index contributed by atoms with van der Waals surface area (Å²) in [7, 11) is 0. The highest BCUT2D eigenvalue weighted by atomic mass is 15.2. The van der Waals surface area contributed by atoms with E-state index < -0.39 is 0 Å². The lowest BCUT2D eigenvalue weighted by atomic mass is 10.2. The fourth-order valence-corrected chi connectivity index (χ4v) is 1.64. The zero-order valence-electron chi connectivity index (χ0n) is 7.38. The molecule has 1 saturated heterocycles. The third-order valence-corrected chi connectivity index (χ3v) is 2.08. The summed E-state index contributed by atoms with van der Waals surface area (Å²) in [5.41, 5.74) is 0. The summed E-state index contributed by atoms with van der Waals surface area (Å²) in [5, 5.41) is 0. The molecule has 1 aliphatic rings. The molecule has 1 fully saturated rings. The molecule has 0 aliphatic carbocycles. The Kier molecular flexibility index (Phi) is 2.90. The van der Waals surface area contributed by atoms with E-state index in [-0.39, 0.29) is 6.17 Å². The highest BCUT2D eigenvalue weighted by Gasteiger charge is 2.28. The zero-order chi connectivity index (χ0) is 8.27. The molecule has 11 heavy (non-hydrogen) atoms. The third kappa shape index (κ3) is 2.20. The molecule has 1 aliphatic heterocycles. The average Bonchev–Trinajstić information content (AvgIpc) is 2.34. The van der Waals surface area contributed by atoms with Crippen molar-refractivity contribution in [3.8, 4) is 0 Å². The maximum Gasteiger partial charge on any atom is 0.279 e. The molecular formula is C9H16N2. The maximum absolute atomic E-state index is 6.96. The van der Waals surface area contributed by atoms with Gasteiger partial charge in [0.05, 0.1) is 0 Å². The maximum atomic E-state index is 6.96. The first-order valence-corrected chi connectivity index (χ1v) is 4.34. The van der Waals surface area contributed by atoms with Crippen LogP contribution in [0.15, 0.2) is 0 Å². The second kappa shape index (κ2) is 3.73. The molecule has 0 N–H and O–H groups in total. The molecule has 0 radical (unpaired) electrons. The van der Waals surface area contributed by atoms with Crippen molar-refractivity contribution in [3.63, 3.8) is 0 Å². The predicted octanol–water partition coefficient (Wildman–Crippen LogP) is 1.98. The van der Waals surface area contributed by atoms with Gasteiger partial charge in [-0.1, -0.05) is 13.8 Å². The van der Waals surface area contributed by atoms with Crippen molar-refractivity contribution in [2.75, 3.05) is 13.1 Å². The molecule has 0 amide bonds. The van der Waals surface area contributed by atoms with Gasteiger partial charge in [0.25, 0.3) is 6.17 Å². The summed E-state index contributed by atoms with van der Waals surface area (Å²) in [6.07, 6.45) is 2.48. The van der Waals surface area contributed by atoms with Crippen molar-refractivity contribution in [2.24, 2.45) is 5.92 Å². The minimum atomic E-state index is 0.192. The van der Waals surface area contributed by atoms with Crippen molar-refractivity contribution >= 4 is 0 Å². The van der Waals surface area contributed by atoms with Gasteiger partial charge < -0.3 is 0 Å². The van der Waals surface area contributed by atoms with Gasteiger partial charge in [0.1, 0.15) is 0 Å². The lowest BCUT2D eigenvalue weighted by Gasteiger charge is -2.17. The summed E-state index contributed by atoms with van der Waals surface area (Å²) in [4.78, 5) is 5.90. The van der Waals surface area contributed by atoms with Crippen LogP contribution in [0.4, 0.5) is 0 Å². The van der Waals surface area contributed by atoms with Gasteiger partial charge in [0.15, 0.2) is 0 Å². The third-order valence-electron chi connectivity index (χ3n) is 2.08. The van der Waals surface area contributed by atoms with E-state index in [1.54, 1.807) is 0 Å². The standard InChI is InChI=1S/C9H16N2/c1-8(2)7-11-6-4-5-9(11)10-3/h8-9H,4-7H2,1-2H3. The van der Waals surface area contributed by atoms with Crippen molar-refractivity contribution in [1.29, 1.82) is 0 Å². The van der Waals surface area contributed by atoms with Crippen LogP contribution in [0.5, 0.6) is 0 Å². The number of likely N-dealkylation sites (tertiary alicyclic amines) is 1. The molecule has 1 unspecified atom stereocenters. The van der Waals surface area contributed by atoms with Gasteiger partial charge in [-0.15, -0.1) is 0 Å². The van der Waals surface area contributed by atoms with E-state index in [0.29, 0.717) is 5.92 Å². The Balaban J connectivity index is 2.39. The quantitative estimate of drug-likeness (QED) is 0.549. The van der Waals surface area contributed by atoms with Crippen LogP contribution in [0.3, 0.4) is 0 Å². The SMILES string of the molecule is [C-]#[N+]C1CCCN1CC(C)C. The molecule has 1 heterocycles. The van der Waals surface area contributed by atoms with Crippen LogP contribution >= 0.6 is 0 Å². The molecule has 1 rings (SSSR count). The molecular weight excluding hydrogens is 136 g/mol. The average molecular weight is 152 g/mol. The topological polar surface area (TPSA) is 7.60 Å². The van der Waals surface area contributed by atoms with E-state index in [9.17, 15) is 0 Å². The fraction of sp³-hybridized carbons (Fsp3) is 0.889. The van der Waals surface area contributed by atoms with Crippen LogP contribution in [-0.4, -0.2) is 24.2 Å². The van der Waals surface area contributed by atoms with Crippen molar-refractivity contribution in [2.45, 2.75) is 32.9 Å². The zero-order valence-corrected chi connectivity index (χ0v) is 7.38. The first-order valence-electron chi connectivity index (χ1n) is 4.34. The summed E-state index contributed by atoms with van der Waals surface area (Å²) in [6.45, 7) is 13.6. The van der Waals surface area contributed by atoms with Crippen LogP contribution in [0.2, 0.25) is 0 Å². The first-order chi connectivity index (χ1) is 5.24. The summed E-state index contributed by atoms with van der Waals surface area (Å²) >= 11 is 0. The molecule has 2 nitrogen and oxygen atoms in total. The monoisotopic (exact) mass is 152 g/mol. The van der Waals surface area contributed by atoms with E-state index >= 15 is 0 Å². The van der Waals surface area contributed by atoms with Gasteiger partial charge >= 0.3 is 0 Å². The minimum Gasteiger partial charge on any atom is -0.296 e. The van der Waals surface area contributed by atoms with E-state index in [4.69, 9.17) is 6.57 Å². The number of hydrogen-bond acceptors (Lipinski definition) is 1. The predicted molar refractivity (Wildman–Crippen MR) is 46.0 cm³/mol. The van der Waals surface area contributed by atoms with Crippen LogP contribution < -0.4 is 0 Å². The Morgan fingerprint density at radius 2 is 2.36 bits per heavy atom. The van der Waals surface area contributed by atoms with Crippen LogP contribution in [-0.2, 0) is 0 Å². The normalized spacial score (nSPS) is 25.8. The molecule has 0 aromatic carbocycles. The van der Waals surface area contributed by atoms with Gasteiger partial charge in [-0.25, -0.2) is 11.5 Å². The van der Waals surface area contributed by atoms with Crippen molar-refractivity contribution in [1.82, 2.24) is 4.90 Å². The largest absolute Gasteiger partial charge is 0.296 e. The van der Waals surface area contributed by atoms with Gasteiger partial charge in [-0.2, -0.15) is 0 Å². The Hall–Kier alpha value is -0.550. The second-order valence-corrected chi connectivity index (χ2v) is 3.64. The minimum absolute atomic E-state index is 0.192. The van der Waals surface area contributed by atoms with Gasteiger partial charge in [0.2, 0.25) is 0 Å². The molecule has 1 atom stereocenters. The van der Waals surface area contributed by atoms with E-state index in [1.807, 2.05) is 0 Å².